The summed E-state index contributed by atoms with van der Waals surface area (Å²) in [7, 11) is 1.76. The first kappa shape index (κ1) is 14.8. The van der Waals surface area contributed by atoms with Crippen molar-refractivity contribution in [2.75, 3.05) is 39.9 Å². The monoisotopic (exact) mass is 268 g/mol. The van der Waals surface area contributed by atoms with Crippen LogP contribution in [0.15, 0.2) is 0 Å². The van der Waals surface area contributed by atoms with Crippen LogP contribution in [0.1, 0.15) is 38.5 Å². The zero-order valence-corrected chi connectivity index (χ0v) is 12.2. The van der Waals surface area contributed by atoms with Gasteiger partial charge in [0, 0.05) is 32.7 Å². The quantitative estimate of drug-likeness (QED) is 0.843. The maximum Gasteiger partial charge on any atom is 0.225 e. The van der Waals surface area contributed by atoms with Crippen LogP contribution in [0.2, 0.25) is 0 Å². The number of nitrogens with one attached hydrogen (secondary N) is 1. The smallest absolute Gasteiger partial charge is 0.225 e. The molecule has 0 saturated carbocycles. The standard InChI is InChI=1S/C15H28N2O2/c1-19-12-7-13-5-10-17(11-6-13)15(18)14-3-2-8-16-9-4-14/h13-14,16H,2-12H2,1H3/t14-/m1/s1. The van der Waals surface area contributed by atoms with E-state index in [1.165, 1.54) is 0 Å². The molecule has 0 aromatic carbocycles. The number of rotatable bonds is 4. The fourth-order valence-electron chi connectivity index (χ4n) is 3.25. The average Bonchev–Trinajstić information content (AvgIpc) is 2.74. The Kier molecular flexibility index (Phi) is 6.11. The van der Waals surface area contributed by atoms with E-state index in [2.05, 4.69) is 10.2 Å². The van der Waals surface area contributed by atoms with Crippen molar-refractivity contribution in [2.24, 2.45) is 11.8 Å². The predicted octanol–water partition coefficient (Wildman–Crippen LogP) is 1.65. The Balaban J connectivity index is 1.75. The van der Waals surface area contributed by atoms with Gasteiger partial charge in [-0.15, -0.1) is 0 Å². The third-order valence-electron chi connectivity index (χ3n) is 4.58. The largest absolute Gasteiger partial charge is 0.385 e. The van der Waals surface area contributed by atoms with E-state index in [-0.39, 0.29) is 5.92 Å². The van der Waals surface area contributed by atoms with E-state index in [1.807, 2.05) is 0 Å². The van der Waals surface area contributed by atoms with Crippen molar-refractivity contribution in [2.45, 2.75) is 38.5 Å². The summed E-state index contributed by atoms with van der Waals surface area (Å²) in [4.78, 5) is 14.6. The van der Waals surface area contributed by atoms with E-state index in [4.69, 9.17) is 4.74 Å². The summed E-state index contributed by atoms with van der Waals surface area (Å²) in [5.74, 6) is 1.43. The van der Waals surface area contributed by atoms with Crippen LogP contribution in [0, 0.1) is 11.8 Å². The van der Waals surface area contributed by atoms with Gasteiger partial charge in [-0.25, -0.2) is 0 Å². The summed E-state index contributed by atoms with van der Waals surface area (Å²) < 4.78 is 5.14. The van der Waals surface area contributed by atoms with E-state index < -0.39 is 0 Å². The van der Waals surface area contributed by atoms with Gasteiger partial charge >= 0.3 is 0 Å². The fourth-order valence-corrected chi connectivity index (χ4v) is 3.25. The average molecular weight is 268 g/mol. The highest BCUT2D eigenvalue weighted by molar-refractivity contribution is 5.79. The highest BCUT2D eigenvalue weighted by Crippen LogP contribution is 2.24. The van der Waals surface area contributed by atoms with Crippen LogP contribution in [-0.4, -0.2) is 50.7 Å². The van der Waals surface area contributed by atoms with E-state index >= 15 is 0 Å². The summed E-state index contributed by atoms with van der Waals surface area (Å²) in [6.07, 6.45) is 6.67. The van der Waals surface area contributed by atoms with Gasteiger partial charge in [-0.3, -0.25) is 4.79 Å². The summed E-state index contributed by atoms with van der Waals surface area (Å²) in [5.41, 5.74) is 0. The summed E-state index contributed by atoms with van der Waals surface area (Å²) in [5, 5.41) is 3.38. The van der Waals surface area contributed by atoms with Crippen molar-refractivity contribution in [1.29, 1.82) is 0 Å². The summed E-state index contributed by atoms with van der Waals surface area (Å²) in [6, 6.07) is 0. The normalized spacial score (nSPS) is 26.2. The van der Waals surface area contributed by atoms with Gasteiger partial charge in [-0.1, -0.05) is 0 Å². The van der Waals surface area contributed by atoms with E-state index in [0.717, 1.165) is 77.2 Å². The minimum absolute atomic E-state index is 0.269. The number of piperidine rings is 1. The SMILES string of the molecule is COCCC1CCN(C(=O)[C@@H]2CCCNCC2)CC1. The molecule has 0 aromatic heterocycles. The first-order valence-corrected chi connectivity index (χ1v) is 7.79. The Morgan fingerprint density at radius 3 is 2.74 bits per heavy atom. The van der Waals surface area contributed by atoms with Gasteiger partial charge in [0.2, 0.25) is 5.91 Å². The van der Waals surface area contributed by atoms with Crippen LogP contribution in [-0.2, 0) is 9.53 Å². The molecule has 0 unspecified atom stereocenters. The molecule has 0 radical (unpaired) electrons. The molecule has 4 nitrogen and oxygen atoms in total. The molecule has 2 aliphatic rings. The van der Waals surface area contributed by atoms with Crippen molar-refractivity contribution in [1.82, 2.24) is 10.2 Å². The molecule has 1 N–H and O–H groups in total. The molecule has 0 aliphatic carbocycles. The fraction of sp³-hybridized carbons (Fsp3) is 0.933. The molecule has 19 heavy (non-hydrogen) atoms. The number of amides is 1. The van der Waals surface area contributed by atoms with Crippen LogP contribution >= 0.6 is 0 Å². The first-order valence-electron chi connectivity index (χ1n) is 7.79. The molecule has 2 fully saturated rings. The molecule has 0 bridgehead atoms. The van der Waals surface area contributed by atoms with E-state index in [9.17, 15) is 4.79 Å². The number of likely N-dealkylation sites (tertiary alicyclic amines) is 1. The van der Waals surface area contributed by atoms with Gasteiger partial charge in [-0.05, 0) is 57.5 Å². The molecule has 0 aromatic rings. The van der Waals surface area contributed by atoms with Gasteiger partial charge < -0.3 is 15.0 Å². The minimum atomic E-state index is 0.269. The topological polar surface area (TPSA) is 41.6 Å². The van der Waals surface area contributed by atoms with Crippen LogP contribution in [0.25, 0.3) is 0 Å². The predicted molar refractivity (Wildman–Crippen MR) is 76.0 cm³/mol. The number of nitrogens with zero attached hydrogens (tertiary/aromatic N) is 1. The van der Waals surface area contributed by atoms with E-state index in [0.29, 0.717) is 5.91 Å². The molecule has 1 amide bonds. The molecule has 2 rings (SSSR count). The second-order valence-electron chi connectivity index (χ2n) is 5.93. The third kappa shape index (κ3) is 4.46. The van der Waals surface area contributed by atoms with Gasteiger partial charge in [-0.2, -0.15) is 0 Å². The van der Waals surface area contributed by atoms with Gasteiger partial charge in [0.1, 0.15) is 0 Å². The molecule has 0 spiro atoms. The Bertz CT molecular complexity index is 267. The second-order valence-corrected chi connectivity index (χ2v) is 5.93. The third-order valence-corrected chi connectivity index (χ3v) is 4.58. The Morgan fingerprint density at radius 1 is 1.21 bits per heavy atom. The zero-order chi connectivity index (χ0) is 13.5. The molecule has 2 aliphatic heterocycles. The first-order chi connectivity index (χ1) is 9.31. The Labute approximate surface area is 116 Å². The van der Waals surface area contributed by atoms with Gasteiger partial charge in [0.25, 0.3) is 0 Å². The lowest BCUT2D eigenvalue weighted by Crippen LogP contribution is -2.42. The molecule has 2 heterocycles. The van der Waals surface area contributed by atoms with Crippen molar-refractivity contribution in [3.05, 3.63) is 0 Å². The zero-order valence-electron chi connectivity index (χ0n) is 12.2. The number of hydrogen-bond acceptors (Lipinski definition) is 3. The maximum absolute atomic E-state index is 12.5. The molecular formula is C15H28N2O2. The Morgan fingerprint density at radius 2 is 2.00 bits per heavy atom. The van der Waals surface area contributed by atoms with Crippen LogP contribution < -0.4 is 5.32 Å². The highest BCUT2D eigenvalue weighted by atomic mass is 16.5. The van der Waals surface area contributed by atoms with Crippen LogP contribution in [0.4, 0.5) is 0 Å². The lowest BCUT2D eigenvalue weighted by atomic mass is 9.92. The number of ether oxygens (including phenoxy) is 1. The minimum Gasteiger partial charge on any atom is -0.385 e. The maximum atomic E-state index is 12.5. The molecule has 1 atom stereocenters. The Hall–Kier alpha value is -0.610. The number of methoxy groups -OCH3 is 1. The summed E-state index contributed by atoms with van der Waals surface area (Å²) >= 11 is 0. The van der Waals surface area contributed by atoms with E-state index in [1.54, 1.807) is 7.11 Å². The number of carbonyl (C=O) groups excluding carboxylic acids is 1. The highest BCUT2D eigenvalue weighted by Gasteiger charge is 2.28. The number of hydrogen-bond donors (Lipinski definition) is 1. The summed E-state index contributed by atoms with van der Waals surface area (Å²) in [6.45, 7) is 4.84. The second kappa shape index (κ2) is 7.85. The molecular weight excluding hydrogens is 240 g/mol. The lowest BCUT2D eigenvalue weighted by Gasteiger charge is -2.34. The lowest BCUT2D eigenvalue weighted by molar-refractivity contribution is -0.137. The van der Waals surface area contributed by atoms with Crippen molar-refractivity contribution < 1.29 is 9.53 Å². The van der Waals surface area contributed by atoms with Crippen molar-refractivity contribution in [3.8, 4) is 0 Å². The molecule has 2 saturated heterocycles. The van der Waals surface area contributed by atoms with Crippen LogP contribution in [0.5, 0.6) is 0 Å². The molecule has 4 heteroatoms. The van der Waals surface area contributed by atoms with Gasteiger partial charge in [0.15, 0.2) is 0 Å². The molecule has 110 valence electrons. The van der Waals surface area contributed by atoms with Crippen molar-refractivity contribution in [3.63, 3.8) is 0 Å². The van der Waals surface area contributed by atoms with Crippen molar-refractivity contribution >= 4 is 5.91 Å². The number of carbonyl (C=O) groups is 1. The van der Waals surface area contributed by atoms with Crippen LogP contribution in [0.3, 0.4) is 0 Å². The van der Waals surface area contributed by atoms with Gasteiger partial charge in [0.05, 0.1) is 0 Å².